The first kappa shape index (κ1) is 27.3. The summed E-state index contributed by atoms with van der Waals surface area (Å²) in [6, 6.07) is 15.7. The molecule has 2 aromatic carbocycles. The van der Waals surface area contributed by atoms with Crippen LogP contribution in [0.1, 0.15) is 19.8 Å². The molecular weight excluding hydrogens is 582 g/mol. The van der Waals surface area contributed by atoms with E-state index in [1.807, 2.05) is 46.3 Å². The summed E-state index contributed by atoms with van der Waals surface area (Å²) >= 11 is 7.46. The second kappa shape index (κ2) is 11.2. The Morgan fingerprint density at radius 1 is 1.02 bits per heavy atom. The number of hydrogen-bond donors (Lipinski definition) is 2. The van der Waals surface area contributed by atoms with E-state index in [0.717, 1.165) is 21.9 Å². The van der Waals surface area contributed by atoms with Gasteiger partial charge in [0.2, 0.25) is 21.9 Å². The van der Waals surface area contributed by atoms with Gasteiger partial charge in [0, 0.05) is 60.1 Å². The maximum Gasteiger partial charge on any atom is 0.243 e. The topological polar surface area (TPSA) is 122 Å². The van der Waals surface area contributed by atoms with Gasteiger partial charge in [0.1, 0.15) is 5.69 Å². The van der Waals surface area contributed by atoms with Gasteiger partial charge in [-0.25, -0.2) is 23.4 Å². The van der Waals surface area contributed by atoms with E-state index in [1.54, 1.807) is 18.3 Å². The molecule has 5 aromatic rings. The Labute approximate surface area is 246 Å². The number of halogens is 1. The van der Waals surface area contributed by atoms with E-state index in [1.165, 1.54) is 34.7 Å². The molecule has 210 valence electrons. The van der Waals surface area contributed by atoms with Crippen molar-refractivity contribution < 1.29 is 13.2 Å². The molecule has 1 saturated heterocycles. The number of imidazole rings is 1. The Hall–Kier alpha value is -3.84. The molecule has 6 rings (SSSR count). The third kappa shape index (κ3) is 5.68. The van der Waals surface area contributed by atoms with Gasteiger partial charge in [-0.05, 0) is 55.3 Å². The van der Waals surface area contributed by atoms with Crippen molar-refractivity contribution in [2.24, 2.45) is 0 Å². The Morgan fingerprint density at radius 3 is 2.46 bits per heavy atom. The van der Waals surface area contributed by atoms with E-state index in [4.69, 9.17) is 21.6 Å². The summed E-state index contributed by atoms with van der Waals surface area (Å²) in [5.74, 6) is 0.342. The maximum absolute atomic E-state index is 13.1. The summed E-state index contributed by atoms with van der Waals surface area (Å²) in [5, 5.41) is 8.66. The number of aromatic nitrogens is 4. The molecule has 1 aliphatic rings. The predicted octanol–water partition coefficient (Wildman–Crippen LogP) is 5.40. The van der Waals surface area contributed by atoms with Gasteiger partial charge < -0.3 is 10.6 Å². The molecule has 41 heavy (non-hydrogen) atoms. The van der Waals surface area contributed by atoms with Crippen LogP contribution in [-0.2, 0) is 14.8 Å². The molecule has 2 N–H and O–H groups in total. The molecule has 1 fully saturated rings. The minimum absolute atomic E-state index is 0.0225. The number of carbonyl (C=O) groups excluding carboxylic acids is 1. The number of nitrogens with one attached hydrogen (secondary N) is 2. The number of carbonyl (C=O) groups is 1. The molecule has 13 heteroatoms. The lowest BCUT2D eigenvalue weighted by Gasteiger charge is -2.31. The number of thiazole rings is 1. The number of anilines is 2. The van der Waals surface area contributed by atoms with E-state index in [9.17, 15) is 13.2 Å². The summed E-state index contributed by atoms with van der Waals surface area (Å²) in [4.78, 5) is 26.6. The SMILES string of the molecule is CC(=O)Nc1ccc(-c2nc3sccn3c2-c2ccnc(NC3CCN(S(=O)(=O)c4ccc(Cl)cc4)CC3)n2)cc1. The van der Waals surface area contributed by atoms with Crippen molar-refractivity contribution >= 4 is 55.5 Å². The highest BCUT2D eigenvalue weighted by Crippen LogP contribution is 2.34. The van der Waals surface area contributed by atoms with Crippen LogP contribution in [0.4, 0.5) is 11.6 Å². The first-order chi connectivity index (χ1) is 19.8. The van der Waals surface area contributed by atoms with Crippen LogP contribution in [0.2, 0.25) is 5.02 Å². The van der Waals surface area contributed by atoms with Gasteiger partial charge in [-0.15, -0.1) is 11.3 Å². The van der Waals surface area contributed by atoms with Crippen molar-refractivity contribution in [1.29, 1.82) is 0 Å². The van der Waals surface area contributed by atoms with E-state index in [2.05, 4.69) is 15.6 Å². The fraction of sp³-hybridized carbons (Fsp3) is 0.214. The number of hydrogen-bond acceptors (Lipinski definition) is 8. The minimum atomic E-state index is -3.58. The minimum Gasteiger partial charge on any atom is -0.351 e. The zero-order valence-corrected chi connectivity index (χ0v) is 24.4. The zero-order chi connectivity index (χ0) is 28.6. The number of benzene rings is 2. The van der Waals surface area contributed by atoms with Crippen molar-refractivity contribution in [3.8, 4) is 22.6 Å². The van der Waals surface area contributed by atoms with Crippen LogP contribution in [0.25, 0.3) is 27.6 Å². The Morgan fingerprint density at radius 2 is 1.76 bits per heavy atom. The molecule has 0 unspecified atom stereocenters. The summed E-state index contributed by atoms with van der Waals surface area (Å²) in [5.41, 5.74) is 3.92. The summed E-state index contributed by atoms with van der Waals surface area (Å²) in [6.07, 6.45) is 4.91. The van der Waals surface area contributed by atoms with Crippen molar-refractivity contribution in [3.63, 3.8) is 0 Å². The number of rotatable bonds is 7. The number of fused-ring (bicyclic) bond motifs is 1. The Bertz CT molecular complexity index is 1810. The fourth-order valence-corrected chi connectivity index (χ4v) is 7.19. The van der Waals surface area contributed by atoms with Gasteiger partial charge in [0.05, 0.1) is 16.3 Å². The average Bonchev–Trinajstić information content (AvgIpc) is 3.56. The molecule has 0 aliphatic carbocycles. The van der Waals surface area contributed by atoms with E-state index < -0.39 is 10.0 Å². The van der Waals surface area contributed by atoms with Crippen LogP contribution >= 0.6 is 22.9 Å². The van der Waals surface area contributed by atoms with Crippen LogP contribution in [0.15, 0.2) is 77.3 Å². The van der Waals surface area contributed by atoms with Crippen LogP contribution < -0.4 is 10.6 Å². The normalized spacial score (nSPS) is 14.8. The van der Waals surface area contributed by atoms with Crippen LogP contribution in [0.5, 0.6) is 0 Å². The smallest absolute Gasteiger partial charge is 0.243 e. The molecule has 0 atom stereocenters. The summed E-state index contributed by atoms with van der Waals surface area (Å²) in [7, 11) is -3.58. The highest BCUT2D eigenvalue weighted by molar-refractivity contribution is 7.89. The lowest BCUT2D eigenvalue weighted by Crippen LogP contribution is -2.42. The van der Waals surface area contributed by atoms with Crippen molar-refractivity contribution in [2.75, 3.05) is 23.7 Å². The summed E-state index contributed by atoms with van der Waals surface area (Å²) < 4.78 is 29.6. The largest absolute Gasteiger partial charge is 0.351 e. The standard InChI is InChI=1S/C28H26ClN7O3S2/c1-18(37)31-21-6-2-19(3-7-21)25-26(36-16-17-40-28(36)34-25)24-10-13-30-27(33-24)32-22-11-14-35(15-12-22)41(38,39)23-8-4-20(29)5-9-23/h2-10,13,16-17,22H,11-12,14-15H2,1H3,(H,31,37)(H,30,32,33). The third-order valence-corrected chi connectivity index (χ3v) is 9.80. The van der Waals surface area contributed by atoms with Crippen LogP contribution in [0, 0.1) is 0 Å². The average molecular weight is 608 g/mol. The van der Waals surface area contributed by atoms with Gasteiger partial charge in [-0.1, -0.05) is 23.7 Å². The number of amides is 1. The van der Waals surface area contributed by atoms with Crippen molar-refractivity contribution in [3.05, 3.63) is 77.4 Å². The van der Waals surface area contributed by atoms with Gasteiger partial charge >= 0.3 is 0 Å². The number of nitrogens with zero attached hydrogens (tertiary/aromatic N) is 5. The highest BCUT2D eigenvalue weighted by atomic mass is 35.5. The summed E-state index contributed by atoms with van der Waals surface area (Å²) in [6.45, 7) is 2.25. The third-order valence-electron chi connectivity index (χ3n) is 6.88. The van der Waals surface area contributed by atoms with E-state index in [0.29, 0.717) is 48.3 Å². The van der Waals surface area contributed by atoms with E-state index in [-0.39, 0.29) is 16.8 Å². The first-order valence-electron chi connectivity index (χ1n) is 13.0. The zero-order valence-electron chi connectivity index (χ0n) is 22.0. The predicted molar refractivity (Wildman–Crippen MR) is 161 cm³/mol. The Kier molecular flexibility index (Phi) is 7.47. The maximum atomic E-state index is 13.1. The molecule has 10 nitrogen and oxygen atoms in total. The molecule has 0 bridgehead atoms. The molecule has 0 saturated carbocycles. The van der Waals surface area contributed by atoms with Crippen LogP contribution in [0.3, 0.4) is 0 Å². The number of sulfonamides is 1. The molecule has 0 spiro atoms. The lowest BCUT2D eigenvalue weighted by atomic mass is 10.1. The molecule has 3 aromatic heterocycles. The Balaban J connectivity index is 1.20. The fourth-order valence-electron chi connectivity index (χ4n) is 4.89. The second-order valence-corrected chi connectivity index (χ2v) is 12.9. The van der Waals surface area contributed by atoms with Gasteiger partial charge in [-0.3, -0.25) is 9.20 Å². The van der Waals surface area contributed by atoms with Crippen molar-refractivity contribution in [1.82, 2.24) is 23.7 Å². The lowest BCUT2D eigenvalue weighted by molar-refractivity contribution is -0.114. The molecule has 1 amide bonds. The first-order valence-corrected chi connectivity index (χ1v) is 15.7. The molecule has 0 radical (unpaired) electrons. The monoisotopic (exact) mass is 607 g/mol. The van der Waals surface area contributed by atoms with Gasteiger partial charge in [0.25, 0.3) is 0 Å². The van der Waals surface area contributed by atoms with Crippen molar-refractivity contribution in [2.45, 2.75) is 30.7 Å². The second-order valence-electron chi connectivity index (χ2n) is 9.67. The molecular formula is C28H26ClN7O3S2. The van der Waals surface area contributed by atoms with Crippen LogP contribution in [-0.4, -0.2) is 57.1 Å². The quantitative estimate of drug-likeness (QED) is 0.254. The molecule has 4 heterocycles. The highest BCUT2D eigenvalue weighted by Gasteiger charge is 2.30. The van der Waals surface area contributed by atoms with E-state index >= 15 is 0 Å². The van der Waals surface area contributed by atoms with Gasteiger partial charge in [0.15, 0.2) is 4.96 Å². The number of piperidine rings is 1. The van der Waals surface area contributed by atoms with Gasteiger partial charge in [-0.2, -0.15) is 4.31 Å². The molecule has 1 aliphatic heterocycles.